The minimum atomic E-state index is -1.40. The molecule has 4 aliphatic heterocycles. The van der Waals surface area contributed by atoms with Crippen molar-refractivity contribution >= 4 is 35.1 Å². The molecule has 6 atom stereocenters. The number of aliphatic hydroxyl groups is 1. The Balaban J connectivity index is 1.70. The number of ether oxygens (including phenoxy) is 2. The lowest BCUT2D eigenvalue weighted by molar-refractivity contribution is -0.157. The molecule has 2 amide bonds. The number of aryl methyl sites for hydroxylation is 1. The molecular formula is C25H27ClN2O6. The van der Waals surface area contributed by atoms with Gasteiger partial charge in [-0.05, 0) is 38.5 Å². The van der Waals surface area contributed by atoms with E-state index in [4.69, 9.17) is 21.1 Å². The first-order chi connectivity index (χ1) is 16.2. The van der Waals surface area contributed by atoms with Gasteiger partial charge < -0.3 is 24.4 Å². The van der Waals surface area contributed by atoms with E-state index in [9.17, 15) is 19.5 Å². The zero-order valence-electron chi connectivity index (χ0n) is 19.2. The van der Waals surface area contributed by atoms with Crippen molar-refractivity contribution in [2.24, 2.45) is 11.8 Å². The van der Waals surface area contributed by atoms with Gasteiger partial charge >= 0.3 is 5.97 Å². The van der Waals surface area contributed by atoms with Gasteiger partial charge in [0.05, 0.1) is 34.9 Å². The second-order valence-electron chi connectivity index (χ2n) is 9.56. The highest BCUT2D eigenvalue weighted by molar-refractivity contribution is 6.34. The number of benzene rings is 1. The van der Waals surface area contributed by atoms with E-state index in [2.05, 4.69) is 0 Å². The van der Waals surface area contributed by atoms with Crippen LogP contribution in [0.3, 0.4) is 0 Å². The van der Waals surface area contributed by atoms with E-state index in [1.54, 1.807) is 49.1 Å². The van der Waals surface area contributed by atoms with Crippen molar-refractivity contribution in [2.45, 2.75) is 44.1 Å². The molecule has 34 heavy (non-hydrogen) atoms. The van der Waals surface area contributed by atoms with E-state index >= 15 is 0 Å². The maximum absolute atomic E-state index is 14.2. The molecule has 2 saturated heterocycles. The first-order valence-corrected chi connectivity index (χ1v) is 11.8. The number of likely N-dealkylation sites (tertiary alicyclic amines) is 1. The number of carbonyl (C=O) groups excluding carboxylic acids is 3. The third-order valence-corrected chi connectivity index (χ3v) is 7.75. The number of rotatable bonds is 3. The number of anilines is 1. The minimum absolute atomic E-state index is 0.0940. The maximum Gasteiger partial charge on any atom is 0.313 e. The van der Waals surface area contributed by atoms with Gasteiger partial charge in [-0.3, -0.25) is 14.4 Å². The molecule has 1 spiro atoms. The summed E-state index contributed by atoms with van der Waals surface area (Å²) in [5, 5.41) is 10.4. The average Bonchev–Trinajstić information content (AvgIpc) is 3.06. The number of hydrogen-bond donors (Lipinski definition) is 1. The number of fused-ring (bicyclic) bond motifs is 2. The fourth-order valence-corrected chi connectivity index (χ4v) is 6.35. The molecule has 0 radical (unpaired) electrons. The number of cyclic esters (lactones) is 1. The average molecular weight is 487 g/mol. The normalized spacial score (nSPS) is 35.4. The highest BCUT2D eigenvalue weighted by atomic mass is 35.5. The predicted molar refractivity (Wildman–Crippen MR) is 124 cm³/mol. The largest absolute Gasteiger partial charge is 0.461 e. The van der Waals surface area contributed by atoms with Crippen molar-refractivity contribution in [3.63, 3.8) is 0 Å². The lowest BCUT2D eigenvalue weighted by Gasteiger charge is -2.39. The zero-order chi connectivity index (χ0) is 24.4. The summed E-state index contributed by atoms with van der Waals surface area (Å²) in [5.74, 6) is -3.23. The van der Waals surface area contributed by atoms with Crippen molar-refractivity contribution in [1.82, 2.24) is 4.90 Å². The molecule has 9 heteroatoms. The number of nitrogens with zero attached hydrogens (tertiary/aromatic N) is 2. The molecule has 0 aliphatic carbocycles. The highest BCUT2D eigenvalue weighted by Crippen LogP contribution is 2.57. The van der Waals surface area contributed by atoms with Gasteiger partial charge in [0.2, 0.25) is 5.91 Å². The molecule has 4 aliphatic rings. The number of carbonyl (C=O) groups is 3. The zero-order valence-corrected chi connectivity index (χ0v) is 20.0. The standard InChI is InChI=1S/C25H27ClN2O6/c1-14-7-4-8-16(26)19(14)27-11-5-10-25-17(18-23(32)33-12-6-9-24(18,3)34-25)21(30)28(15(2)13-29)20(25)22(27)31/h4-10,15,17-18,20,29H,11-13H2,1-3H3/t15-,17+,18+,20?,24-,25+/m1/s1. The van der Waals surface area contributed by atoms with Gasteiger partial charge in [0, 0.05) is 6.54 Å². The van der Waals surface area contributed by atoms with Gasteiger partial charge in [0.1, 0.15) is 24.2 Å². The summed E-state index contributed by atoms with van der Waals surface area (Å²) >= 11 is 6.51. The lowest BCUT2D eigenvalue weighted by Crippen LogP contribution is -2.58. The Morgan fingerprint density at radius 1 is 1.18 bits per heavy atom. The van der Waals surface area contributed by atoms with Crippen molar-refractivity contribution in [1.29, 1.82) is 0 Å². The third-order valence-electron chi connectivity index (χ3n) is 7.45. The Bertz CT molecular complexity index is 1110. The van der Waals surface area contributed by atoms with E-state index in [1.807, 2.05) is 19.1 Å². The van der Waals surface area contributed by atoms with Gasteiger partial charge in [-0.15, -0.1) is 0 Å². The van der Waals surface area contributed by atoms with Crippen LogP contribution in [0, 0.1) is 18.8 Å². The molecule has 0 saturated carbocycles. The molecular weight excluding hydrogens is 460 g/mol. The van der Waals surface area contributed by atoms with Gasteiger partial charge in [0.15, 0.2) is 0 Å². The first kappa shape index (κ1) is 23.1. The van der Waals surface area contributed by atoms with Crippen LogP contribution in [0.4, 0.5) is 5.69 Å². The van der Waals surface area contributed by atoms with Crippen LogP contribution in [-0.2, 0) is 23.9 Å². The summed E-state index contributed by atoms with van der Waals surface area (Å²) in [5.41, 5.74) is -1.16. The number of hydrogen-bond acceptors (Lipinski definition) is 6. The van der Waals surface area contributed by atoms with E-state index in [-0.39, 0.29) is 25.7 Å². The minimum Gasteiger partial charge on any atom is -0.461 e. The van der Waals surface area contributed by atoms with Gasteiger partial charge in [-0.2, -0.15) is 0 Å². The number of halogens is 1. The van der Waals surface area contributed by atoms with Crippen LogP contribution in [0.1, 0.15) is 19.4 Å². The Morgan fingerprint density at radius 3 is 2.65 bits per heavy atom. The molecule has 2 fully saturated rings. The van der Waals surface area contributed by atoms with Crippen LogP contribution < -0.4 is 4.90 Å². The summed E-state index contributed by atoms with van der Waals surface area (Å²) in [6.45, 7) is 5.24. The van der Waals surface area contributed by atoms with Gasteiger partial charge in [-0.1, -0.05) is 42.0 Å². The molecule has 1 aromatic rings. The predicted octanol–water partition coefficient (Wildman–Crippen LogP) is 2.02. The molecule has 5 rings (SSSR count). The topological polar surface area (TPSA) is 96.4 Å². The number of amides is 2. The molecule has 1 aromatic carbocycles. The van der Waals surface area contributed by atoms with Crippen LogP contribution in [0.15, 0.2) is 42.5 Å². The SMILES string of the molecule is Cc1cccc(Cl)c1N1CC=C[C@]23O[C@]4(C)C=CCOC(=O)[C@@H]4[C@H]2C(=O)N([C@H](C)CO)C3C1=O. The molecule has 0 aromatic heterocycles. The lowest BCUT2D eigenvalue weighted by atomic mass is 9.75. The van der Waals surface area contributed by atoms with Crippen molar-refractivity contribution < 1.29 is 29.0 Å². The van der Waals surface area contributed by atoms with Crippen LogP contribution in [0.5, 0.6) is 0 Å². The Kier molecular flexibility index (Phi) is 5.39. The summed E-state index contributed by atoms with van der Waals surface area (Å²) < 4.78 is 12.0. The second-order valence-corrected chi connectivity index (χ2v) is 9.97. The quantitative estimate of drug-likeness (QED) is 0.518. The Morgan fingerprint density at radius 2 is 1.94 bits per heavy atom. The van der Waals surface area contributed by atoms with Crippen LogP contribution in [-0.4, -0.2) is 70.8 Å². The fraction of sp³-hybridized carbons (Fsp3) is 0.480. The summed E-state index contributed by atoms with van der Waals surface area (Å²) in [6, 6.07) is 3.62. The van der Waals surface area contributed by atoms with E-state index in [0.29, 0.717) is 10.7 Å². The smallest absolute Gasteiger partial charge is 0.313 e. The van der Waals surface area contributed by atoms with Crippen molar-refractivity contribution in [3.8, 4) is 0 Å². The number of para-hydroxylation sites is 1. The monoisotopic (exact) mass is 486 g/mol. The summed E-state index contributed by atoms with van der Waals surface area (Å²) in [4.78, 5) is 44.1. The highest BCUT2D eigenvalue weighted by Gasteiger charge is 2.75. The van der Waals surface area contributed by atoms with Crippen LogP contribution >= 0.6 is 11.6 Å². The molecule has 4 heterocycles. The van der Waals surface area contributed by atoms with E-state index < -0.39 is 47.0 Å². The van der Waals surface area contributed by atoms with Crippen LogP contribution in [0.25, 0.3) is 0 Å². The summed E-state index contributed by atoms with van der Waals surface area (Å²) in [6.07, 6.45) is 6.98. The van der Waals surface area contributed by atoms with E-state index in [0.717, 1.165) is 5.56 Å². The summed E-state index contributed by atoms with van der Waals surface area (Å²) in [7, 11) is 0. The second kappa shape index (κ2) is 7.93. The first-order valence-electron chi connectivity index (χ1n) is 11.4. The Labute approximate surface area is 202 Å². The van der Waals surface area contributed by atoms with E-state index in [1.165, 1.54) is 4.90 Å². The molecule has 0 bridgehead atoms. The fourth-order valence-electron chi connectivity index (χ4n) is 6.02. The molecule has 1 N–H and O–H groups in total. The van der Waals surface area contributed by atoms with Gasteiger partial charge in [0.25, 0.3) is 5.91 Å². The number of esters is 1. The molecule has 180 valence electrons. The Hall–Kier alpha value is -2.68. The van der Waals surface area contributed by atoms with Crippen LogP contribution in [0.2, 0.25) is 5.02 Å². The molecule has 1 unspecified atom stereocenters. The molecule has 8 nitrogen and oxygen atoms in total. The van der Waals surface area contributed by atoms with Crippen molar-refractivity contribution in [2.75, 3.05) is 24.7 Å². The van der Waals surface area contributed by atoms with Gasteiger partial charge in [-0.25, -0.2) is 0 Å². The maximum atomic E-state index is 14.2. The number of aliphatic hydroxyl groups excluding tert-OH is 1. The third kappa shape index (κ3) is 3.01. The van der Waals surface area contributed by atoms with Crippen molar-refractivity contribution in [3.05, 3.63) is 53.1 Å².